The summed E-state index contributed by atoms with van der Waals surface area (Å²) in [6, 6.07) is 5.11. The van der Waals surface area contributed by atoms with E-state index < -0.39 is 17.9 Å². The lowest BCUT2D eigenvalue weighted by Crippen LogP contribution is -2.33. The minimum atomic E-state index is -0.771. The zero-order valence-corrected chi connectivity index (χ0v) is 18.0. The van der Waals surface area contributed by atoms with Gasteiger partial charge in [-0.3, -0.25) is 0 Å². The second kappa shape index (κ2) is 9.20. The Kier molecular flexibility index (Phi) is 6.88. The Bertz CT molecular complexity index is 887. The van der Waals surface area contributed by atoms with Crippen molar-refractivity contribution in [3.05, 3.63) is 56.3 Å². The first-order valence-electron chi connectivity index (χ1n) is 9.34. The van der Waals surface area contributed by atoms with Gasteiger partial charge in [0.05, 0.1) is 40.3 Å². The van der Waals surface area contributed by atoms with E-state index in [0.717, 1.165) is 12.8 Å². The van der Waals surface area contributed by atoms with Crippen LogP contribution in [-0.2, 0) is 23.8 Å². The second-order valence-electron chi connectivity index (χ2n) is 7.00. The molecule has 0 radical (unpaired) electrons. The number of allylic oxidation sites excluding steroid dienone is 2. The number of ether oxygens (including phenoxy) is 3. The zero-order chi connectivity index (χ0) is 21.1. The molecule has 6 nitrogen and oxygen atoms in total. The molecule has 0 aromatic heterocycles. The van der Waals surface area contributed by atoms with Crippen molar-refractivity contribution >= 4 is 35.1 Å². The molecule has 0 aliphatic carbocycles. The van der Waals surface area contributed by atoms with Crippen LogP contribution in [0.3, 0.4) is 0 Å². The number of esters is 2. The van der Waals surface area contributed by atoms with Gasteiger partial charge in [0, 0.05) is 18.0 Å². The summed E-state index contributed by atoms with van der Waals surface area (Å²) in [5.41, 5.74) is 2.26. The van der Waals surface area contributed by atoms with E-state index in [4.69, 9.17) is 37.4 Å². The van der Waals surface area contributed by atoms with Crippen LogP contribution >= 0.6 is 23.2 Å². The molecule has 0 amide bonds. The Balaban J connectivity index is 2.03. The fourth-order valence-electron chi connectivity index (χ4n) is 3.72. The minimum absolute atomic E-state index is 0.109. The summed E-state index contributed by atoms with van der Waals surface area (Å²) in [7, 11) is 1.29. The lowest BCUT2D eigenvalue weighted by atomic mass is 9.80. The van der Waals surface area contributed by atoms with Crippen molar-refractivity contribution in [2.24, 2.45) is 0 Å². The standard InChI is InChI=1S/C21H23Cl2NO5/c1-11-16(20(25)27-3)18(14-7-4-8-15(22)19(14)23)17(12(2)24-11)21(26)29-10-13-6-5-9-28-13/h4,7-8,13,18,24H,5-6,9-10H2,1-3H3/t13-,18-/m1/s1. The number of rotatable bonds is 5. The van der Waals surface area contributed by atoms with Crippen LogP contribution in [0.4, 0.5) is 0 Å². The molecule has 2 aliphatic rings. The number of carbonyl (C=O) groups excluding carboxylic acids is 2. The van der Waals surface area contributed by atoms with E-state index in [-0.39, 0.29) is 28.9 Å². The Morgan fingerprint density at radius 1 is 1.17 bits per heavy atom. The molecule has 2 atom stereocenters. The molecule has 8 heteroatoms. The molecule has 2 aliphatic heterocycles. The third kappa shape index (κ3) is 4.44. The van der Waals surface area contributed by atoms with Crippen LogP contribution in [0, 0.1) is 0 Å². The van der Waals surface area contributed by atoms with Crippen molar-refractivity contribution in [2.75, 3.05) is 20.3 Å². The van der Waals surface area contributed by atoms with E-state index in [1.54, 1.807) is 32.0 Å². The summed E-state index contributed by atoms with van der Waals surface area (Å²) in [5.74, 6) is -1.87. The van der Waals surface area contributed by atoms with Gasteiger partial charge in [0.2, 0.25) is 0 Å². The highest BCUT2D eigenvalue weighted by atomic mass is 35.5. The Hall–Kier alpha value is -2.02. The fourth-order valence-corrected chi connectivity index (χ4v) is 4.14. The zero-order valence-electron chi connectivity index (χ0n) is 16.5. The van der Waals surface area contributed by atoms with E-state index in [1.807, 2.05) is 0 Å². The van der Waals surface area contributed by atoms with Gasteiger partial charge in [-0.1, -0.05) is 35.3 Å². The van der Waals surface area contributed by atoms with Crippen LogP contribution < -0.4 is 5.32 Å². The SMILES string of the molecule is COC(=O)C1=C(C)NC(C)=C(C(=O)OC[C@H]2CCCO2)[C@@H]1c1cccc(Cl)c1Cl. The molecular formula is C21H23Cl2NO5. The summed E-state index contributed by atoms with van der Waals surface area (Å²) in [6.45, 7) is 4.32. The summed E-state index contributed by atoms with van der Waals surface area (Å²) < 4.78 is 16.0. The third-order valence-electron chi connectivity index (χ3n) is 5.10. The van der Waals surface area contributed by atoms with Crippen LogP contribution in [0.15, 0.2) is 40.7 Å². The van der Waals surface area contributed by atoms with Crippen molar-refractivity contribution in [2.45, 2.75) is 38.7 Å². The number of dihydropyridines is 1. The van der Waals surface area contributed by atoms with E-state index in [9.17, 15) is 9.59 Å². The van der Waals surface area contributed by atoms with Crippen LogP contribution in [0.2, 0.25) is 10.0 Å². The Morgan fingerprint density at radius 2 is 1.86 bits per heavy atom. The Labute approximate surface area is 179 Å². The minimum Gasteiger partial charge on any atom is -0.466 e. The Morgan fingerprint density at radius 3 is 2.48 bits per heavy atom. The molecule has 1 aromatic rings. The van der Waals surface area contributed by atoms with Crippen molar-refractivity contribution < 1.29 is 23.8 Å². The molecule has 3 rings (SSSR count). The maximum absolute atomic E-state index is 13.1. The van der Waals surface area contributed by atoms with Crippen LogP contribution in [0.5, 0.6) is 0 Å². The largest absolute Gasteiger partial charge is 0.466 e. The van der Waals surface area contributed by atoms with Crippen LogP contribution in [-0.4, -0.2) is 38.4 Å². The predicted octanol–water partition coefficient (Wildman–Crippen LogP) is 4.12. The molecule has 156 valence electrons. The molecule has 0 saturated carbocycles. The van der Waals surface area contributed by atoms with Crippen molar-refractivity contribution in [3.63, 3.8) is 0 Å². The monoisotopic (exact) mass is 439 g/mol. The first-order chi connectivity index (χ1) is 13.8. The normalized spacial score (nSPS) is 21.8. The van der Waals surface area contributed by atoms with E-state index in [1.165, 1.54) is 7.11 Å². The van der Waals surface area contributed by atoms with Gasteiger partial charge in [0.15, 0.2) is 0 Å². The fraction of sp³-hybridized carbons (Fsp3) is 0.429. The molecule has 29 heavy (non-hydrogen) atoms. The van der Waals surface area contributed by atoms with Crippen molar-refractivity contribution in [1.82, 2.24) is 5.32 Å². The predicted molar refractivity (Wildman–Crippen MR) is 110 cm³/mol. The smallest absolute Gasteiger partial charge is 0.336 e. The maximum atomic E-state index is 13.1. The molecule has 1 saturated heterocycles. The number of methoxy groups -OCH3 is 1. The molecule has 0 spiro atoms. The number of carbonyl (C=O) groups is 2. The number of hydrogen-bond acceptors (Lipinski definition) is 6. The topological polar surface area (TPSA) is 73.9 Å². The number of hydrogen-bond donors (Lipinski definition) is 1. The summed E-state index contributed by atoms with van der Waals surface area (Å²) in [4.78, 5) is 25.7. The second-order valence-corrected chi connectivity index (χ2v) is 7.79. The molecular weight excluding hydrogens is 417 g/mol. The number of benzene rings is 1. The highest BCUT2D eigenvalue weighted by Gasteiger charge is 2.39. The molecule has 1 N–H and O–H groups in total. The molecule has 1 aromatic carbocycles. The summed E-state index contributed by atoms with van der Waals surface area (Å²) in [5, 5.41) is 3.69. The molecule has 0 unspecified atom stereocenters. The first kappa shape index (κ1) is 21.7. The highest BCUT2D eigenvalue weighted by molar-refractivity contribution is 6.42. The average molecular weight is 440 g/mol. The lowest BCUT2D eigenvalue weighted by Gasteiger charge is -2.31. The highest BCUT2D eigenvalue weighted by Crippen LogP contribution is 2.43. The number of halogens is 2. The van der Waals surface area contributed by atoms with Crippen LogP contribution in [0.25, 0.3) is 0 Å². The summed E-state index contributed by atoms with van der Waals surface area (Å²) in [6.07, 6.45) is 1.68. The van der Waals surface area contributed by atoms with Crippen LogP contribution in [0.1, 0.15) is 38.2 Å². The number of nitrogens with one attached hydrogen (secondary N) is 1. The van der Waals surface area contributed by atoms with Crippen molar-refractivity contribution in [1.29, 1.82) is 0 Å². The van der Waals surface area contributed by atoms with Crippen molar-refractivity contribution in [3.8, 4) is 0 Å². The van der Waals surface area contributed by atoms with E-state index in [2.05, 4.69) is 5.32 Å². The molecule has 0 bridgehead atoms. The maximum Gasteiger partial charge on any atom is 0.336 e. The van der Waals surface area contributed by atoms with Gasteiger partial charge in [0.25, 0.3) is 0 Å². The quantitative estimate of drug-likeness (QED) is 0.695. The lowest BCUT2D eigenvalue weighted by molar-refractivity contribution is -0.142. The third-order valence-corrected chi connectivity index (χ3v) is 5.94. The van der Waals surface area contributed by atoms with Gasteiger partial charge < -0.3 is 19.5 Å². The van der Waals surface area contributed by atoms with Gasteiger partial charge in [-0.15, -0.1) is 0 Å². The summed E-state index contributed by atoms with van der Waals surface area (Å²) >= 11 is 12.7. The van der Waals surface area contributed by atoms with Gasteiger partial charge in [-0.05, 0) is 38.3 Å². The average Bonchev–Trinajstić information content (AvgIpc) is 3.21. The van der Waals surface area contributed by atoms with E-state index >= 15 is 0 Å². The molecule has 1 fully saturated rings. The van der Waals surface area contributed by atoms with E-state index in [0.29, 0.717) is 28.6 Å². The van der Waals surface area contributed by atoms with Gasteiger partial charge in [-0.2, -0.15) is 0 Å². The van der Waals surface area contributed by atoms with Gasteiger partial charge in [-0.25, -0.2) is 9.59 Å². The van der Waals surface area contributed by atoms with Gasteiger partial charge >= 0.3 is 11.9 Å². The molecule has 2 heterocycles. The first-order valence-corrected chi connectivity index (χ1v) is 10.1. The van der Waals surface area contributed by atoms with Gasteiger partial charge in [0.1, 0.15) is 6.61 Å².